The molecule has 0 radical (unpaired) electrons. The molecule has 8 nitrogen and oxygen atoms in total. The van der Waals surface area contributed by atoms with E-state index in [0.717, 1.165) is 10.9 Å². The molecule has 2 aromatic heterocycles. The van der Waals surface area contributed by atoms with Gasteiger partial charge in [-0.25, -0.2) is 9.78 Å². The van der Waals surface area contributed by atoms with Crippen molar-refractivity contribution in [2.75, 3.05) is 11.5 Å². The molecule has 0 aliphatic carbocycles. The molecule has 3 aromatic rings. The predicted molar refractivity (Wildman–Crippen MR) is 103 cm³/mol. The minimum absolute atomic E-state index is 0.0421. The predicted octanol–water partition coefficient (Wildman–Crippen LogP) is 1.24. The van der Waals surface area contributed by atoms with Crippen molar-refractivity contribution in [3.8, 4) is 11.4 Å². The summed E-state index contributed by atoms with van der Waals surface area (Å²) in [6.45, 7) is 1.72. The van der Waals surface area contributed by atoms with Crippen molar-refractivity contribution in [1.82, 2.24) is 9.55 Å². The molecule has 142 valence electrons. The molecule has 4 heterocycles. The van der Waals surface area contributed by atoms with Crippen LogP contribution in [-0.2, 0) is 28.3 Å². The molecule has 1 atom stereocenters. The zero-order chi connectivity index (χ0) is 19.8. The maximum Gasteiger partial charge on any atom is 0.343 e. The molecule has 0 fully saturated rings. The van der Waals surface area contributed by atoms with Gasteiger partial charge in [0.2, 0.25) is 0 Å². The van der Waals surface area contributed by atoms with Crippen molar-refractivity contribution in [1.29, 1.82) is 0 Å². The second kappa shape index (κ2) is 5.32. The van der Waals surface area contributed by atoms with E-state index in [9.17, 15) is 14.7 Å². The number of nitrogens with two attached hydrogens (primary N) is 2. The van der Waals surface area contributed by atoms with Gasteiger partial charge in [-0.3, -0.25) is 4.79 Å². The Balaban J connectivity index is 1.87. The highest BCUT2D eigenvalue weighted by atomic mass is 16.6. The van der Waals surface area contributed by atoms with Gasteiger partial charge < -0.3 is 25.9 Å². The Morgan fingerprint density at radius 2 is 2.11 bits per heavy atom. The molecule has 0 saturated carbocycles. The summed E-state index contributed by atoms with van der Waals surface area (Å²) in [5.41, 5.74) is 13.8. The number of aromatic nitrogens is 2. The highest BCUT2D eigenvalue weighted by Crippen LogP contribution is 2.43. The van der Waals surface area contributed by atoms with E-state index in [0.29, 0.717) is 22.6 Å². The van der Waals surface area contributed by atoms with Crippen LogP contribution in [-0.4, -0.2) is 20.6 Å². The van der Waals surface area contributed by atoms with Crippen LogP contribution in [0.2, 0.25) is 0 Å². The zero-order valence-electron chi connectivity index (χ0n) is 15.2. The third-order valence-corrected chi connectivity index (χ3v) is 5.73. The summed E-state index contributed by atoms with van der Waals surface area (Å²) in [7, 11) is 0. The molecule has 2 aliphatic heterocycles. The molecule has 28 heavy (non-hydrogen) atoms. The number of cyclic esters (lactones) is 1. The van der Waals surface area contributed by atoms with Crippen molar-refractivity contribution in [2.24, 2.45) is 0 Å². The Labute approximate surface area is 159 Å². The summed E-state index contributed by atoms with van der Waals surface area (Å²) >= 11 is 0. The Morgan fingerprint density at radius 1 is 1.32 bits per heavy atom. The van der Waals surface area contributed by atoms with Gasteiger partial charge in [-0.2, -0.15) is 0 Å². The second-order valence-electron chi connectivity index (χ2n) is 7.21. The highest BCUT2D eigenvalue weighted by molar-refractivity contribution is 5.95. The van der Waals surface area contributed by atoms with E-state index in [2.05, 4.69) is 4.98 Å². The molecule has 0 unspecified atom stereocenters. The summed E-state index contributed by atoms with van der Waals surface area (Å²) in [6, 6.07) is 7.34. The number of nitrogens with zero attached hydrogens (tertiary/aromatic N) is 2. The normalized spacial score (nSPS) is 19.9. The first-order valence-corrected chi connectivity index (χ1v) is 9.00. The Kier molecular flexibility index (Phi) is 3.19. The number of pyridine rings is 2. The molecule has 0 spiro atoms. The lowest BCUT2D eigenvalue weighted by atomic mass is 9.84. The number of rotatable bonds is 1. The van der Waals surface area contributed by atoms with Crippen LogP contribution in [0.15, 0.2) is 29.1 Å². The second-order valence-corrected chi connectivity index (χ2v) is 7.21. The summed E-state index contributed by atoms with van der Waals surface area (Å²) in [5.74, 6) is -0.795. The van der Waals surface area contributed by atoms with E-state index in [-0.39, 0.29) is 41.9 Å². The maximum atomic E-state index is 13.1. The number of carbonyl (C=O) groups excluding carboxylic acids is 1. The minimum atomic E-state index is -1.95. The van der Waals surface area contributed by atoms with E-state index in [4.69, 9.17) is 16.2 Å². The van der Waals surface area contributed by atoms with Gasteiger partial charge in [0.25, 0.3) is 5.56 Å². The third-order valence-electron chi connectivity index (χ3n) is 5.73. The topological polar surface area (TPSA) is 133 Å². The van der Waals surface area contributed by atoms with E-state index in [1.54, 1.807) is 19.1 Å². The number of esters is 1. The zero-order valence-corrected chi connectivity index (χ0v) is 15.2. The summed E-state index contributed by atoms with van der Waals surface area (Å²) in [4.78, 5) is 30.1. The average Bonchev–Trinajstić information content (AvgIpc) is 3.06. The van der Waals surface area contributed by atoms with Crippen LogP contribution in [0, 0.1) is 0 Å². The number of hydrogen-bond donors (Lipinski definition) is 3. The highest BCUT2D eigenvalue weighted by Gasteiger charge is 2.47. The molecule has 1 aromatic carbocycles. The van der Waals surface area contributed by atoms with Crippen LogP contribution in [0.5, 0.6) is 0 Å². The minimum Gasteiger partial charge on any atom is -0.458 e. The lowest BCUT2D eigenvalue weighted by molar-refractivity contribution is -0.172. The third kappa shape index (κ3) is 1.90. The average molecular weight is 378 g/mol. The van der Waals surface area contributed by atoms with Crippen LogP contribution < -0.4 is 17.0 Å². The van der Waals surface area contributed by atoms with Crippen molar-refractivity contribution in [3.05, 3.63) is 51.3 Å². The molecule has 2 aliphatic rings. The smallest absolute Gasteiger partial charge is 0.343 e. The summed E-state index contributed by atoms with van der Waals surface area (Å²) in [5, 5.41) is 11.8. The fraction of sp³-hybridized carbons (Fsp3) is 0.250. The summed E-state index contributed by atoms with van der Waals surface area (Å²) in [6.07, 6.45) is 0.0421. The largest absolute Gasteiger partial charge is 0.458 e. The maximum absolute atomic E-state index is 13.1. The van der Waals surface area contributed by atoms with Gasteiger partial charge >= 0.3 is 5.97 Å². The lowest BCUT2D eigenvalue weighted by Gasteiger charge is -2.33. The molecular weight excluding hydrogens is 360 g/mol. The first kappa shape index (κ1) is 16.8. The number of aliphatic hydroxyl groups is 1. The molecule has 8 heteroatoms. The number of hydrogen-bond acceptors (Lipinski definition) is 7. The lowest BCUT2D eigenvalue weighted by Crippen LogP contribution is -2.45. The molecule has 5 N–H and O–H groups in total. The number of fused-ring (bicyclic) bond motifs is 5. The Hall–Kier alpha value is -3.39. The number of anilines is 2. The first-order valence-electron chi connectivity index (χ1n) is 9.00. The van der Waals surface area contributed by atoms with E-state index >= 15 is 0 Å². The van der Waals surface area contributed by atoms with Gasteiger partial charge in [0.05, 0.1) is 34.7 Å². The van der Waals surface area contributed by atoms with Crippen LogP contribution in [0.25, 0.3) is 22.3 Å². The van der Waals surface area contributed by atoms with Crippen LogP contribution >= 0.6 is 0 Å². The SMILES string of the molecule is CC[C@@]1(O)C(=O)OCc2c1c(N)c1n(c2=O)Cc2cc3c(N)cccc3nc2-1. The van der Waals surface area contributed by atoms with Gasteiger partial charge in [-0.1, -0.05) is 13.0 Å². The molecular formula is C20H18N4O4. The Morgan fingerprint density at radius 3 is 2.86 bits per heavy atom. The number of nitrogen functional groups attached to an aromatic ring is 2. The molecule has 5 rings (SSSR count). The fourth-order valence-electron chi connectivity index (χ4n) is 4.25. The molecule has 0 amide bonds. The van der Waals surface area contributed by atoms with Gasteiger partial charge in [0.1, 0.15) is 6.61 Å². The van der Waals surface area contributed by atoms with Crippen LogP contribution in [0.4, 0.5) is 11.4 Å². The van der Waals surface area contributed by atoms with Gasteiger partial charge in [0, 0.05) is 22.2 Å². The van der Waals surface area contributed by atoms with Gasteiger partial charge in [-0.05, 0) is 24.6 Å². The van der Waals surface area contributed by atoms with Crippen molar-refractivity contribution in [3.63, 3.8) is 0 Å². The monoisotopic (exact) mass is 378 g/mol. The van der Waals surface area contributed by atoms with Crippen molar-refractivity contribution >= 4 is 28.2 Å². The van der Waals surface area contributed by atoms with E-state index in [1.807, 2.05) is 12.1 Å². The van der Waals surface area contributed by atoms with E-state index < -0.39 is 11.6 Å². The van der Waals surface area contributed by atoms with Crippen LogP contribution in [0.1, 0.15) is 30.0 Å². The van der Waals surface area contributed by atoms with Crippen molar-refractivity contribution in [2.45, 2.75) is 32.1 Å². The Bertz CT molecular complexity index is 1260. The standard InChI is InChI=1S/C20H18N4O4/c1-2-20(27)14-11(8-28-19(20)26)18(25)24-7-9-6-10-12(21)4-3-5-13(10)23-16(9)17(24)15(14)22/h3-6,27H,2,7-8,21-22H2,1H3/t20-/m0/s1. The molecule has 0 bridgehead atoms. The van der Waals surface area contributed by atoms with Crippen LogP contribution in [0.3, 0.4) is 0 Å². The van der Waals surface area contributed by atoms with Crippen molar-refractivity contribution < 1.29 is 14.6 Å². The number of carbonyl (C=O) groups is 1. The molecule has 0 saturated heterocycles. The van der Waals surface area contributed by atoms with Gasteiger partial charge in [-0.15, -0.1) is 0 Å². The van der Waals surface area contributed by atoms with E-state index in [1.165, 1.54) is 4.57 Å². The number of ether oxygens (including phenoxy) is 1. The fourth-order valence-corrected chi connectivity index (χ4v) is 4.25. The quantitative estimate of drug-likeness (QED) is 0.335. The first-order chi connectivity index (χ1) is 13.4. The number of benzene rings is 1. The summed E-state index contributed by atoms with van der Waals surface area (Å²) < 4.78 is 6.60. The van der Waals surface area contributed by atoms with Gasteiger partial charge in [0.15, 0.2) is 5.60 Å².